The normalized spacial score (nSPS) is 11.9. The Morgan fingerprint density at radius 1 is 1.19 bits per heavy atom. The van der Waals surface area contributed by atoms with Crippen LogP contribution < -0.4 is 5.32 Å². The van der Waals surface area contributed by atoms with Crippen LogP contribution >= 0.6 is 0 Å². The summed E-state index contributed by atoms with van der Waals surface area (Å²) in [6.45, 7) is 5.66. The van der Waals surface area contributed by atoms with E-state index in [1.54, 1.807) is 6.07 Å². The van der Waals surface area contributed by atoms with Crippen molar-refractivity contribution in [1.29, 1.82) is 0 Å². The van der Waals surface area contributed by atoms with Gasteiger partial charge in [-0.25, -0.2) is 0 Å². The van der Waals surface area contributed by atoms with E-state index in [0.717, 1.165) is 24.0 Å². The van der Waals surface area contributed by atoms with E-state index in [1.165, 1.54) is 12.1 Å². The second-order valence-corrected chi connectivity index (χ2v) is 4.89. The van der Waals surface area contributed by atoms with Crippen molar-refractivity contribution in [3.05, 3.63) is 52.8 Å². The summed E-state index contributed by atoms with van der Waals surface area (Å²) < 4.78 is 39.8. The SMILES string of the molecule is CCn1nc(C)cc1CNCc1cccc(C(F)(F)F)c1. The zero-order chi connectivity index (χ0) is 15.5. The molecule has 0 aliphatic rings. The smallest absolute Gasteiger partial charge is 0.307 e. The summed E-state index contributed by atoms with van der Waals surface area (Å²) in [6, 6.07) is 7.35. The fourth-order valence-corrected chi connectivity index (χ4v) is 2.21. The second-order valence-electron chi connectivity index (χ2n) is 4.89. The number of nitrogens with one attached hydrogen (secondary N) is 1. The van der Waals surface area contributed by atoms with Crippen molar-refractivity contribution in [2.24, 2.45) is 0 Å². The average Bonchev–Trinajstić information content (AvgIpc) is 2.78. The molecule has 0 unspecified atom stereocenters. The molecule has 2 aromatic rings. The fraction of sp³-hybridized carbons (Fsp3) is 0.400. The van der Waals surface area contributed by atoms with Crippen molar-refractivity contribution >= 4 is 0 Å². The average molecular weight is 297 g/mol. The van der Waals surface area contributed by atoms with E-state index in [4.69, 9.17) is 0 Å². The number of alkyl halides is 3. The van der Waals surface area contributed by atoms with Crippen molar-refractivity contribution in [1.82, 2.24) is 15.1 Å². The maximum Gasteiger partial charge on any atom is 0.416 e. The molecule has 3 nitrogen and oxygen atoms in total. The first-order valence-corrected chi connectivity index (χ1v) is 6.80. The van der Waals surface area contributed by atoms with Crippen molar-refractivity contribution in [3.63, 3.8) is 0 Å². The number of halogens is 3. The van der Waals surface area contributed by atoms with Gasteiger partial charge in [-0.05, 0) is 31.5 Å². The quantitative estimate of drug-likeness (QED) is 0.915. The van der Waals surface area contributed by atoms with Crippen LogP contribution in [0.4, 0.5) is 13.2 Å². The van der Waals surface area contributed by atoms with E-state index in [2.05, 4.69) is 10.4 Å². The van der Waals surface area contributed by atoms with Gasteiger partial charge in [0.15, 0.2) is 0 Å². The summed E-state index contributed by atoms with van der Waals surface area (Å²) in [6.07, 6.45) is -4.30. The molecule has 21 heavy (non-hydrogen) atoms. The lowest BCUT2D eigenvalue weighted by Gasteiger charge is -2.10. The Labute approximate surface area is 121 Å². The lowest BCUT2D eigenvalue weighted by atomic mass is 10.1. The summed E-state index contributed by atoms with van der Waals surface area (Å²) in [4.78, 5) is 0. The van der Waals surface area contributed by atoms with Gasteiger partial charge >= 0.3 is 6.18 Å². The summed E-state index contributed by atoms with van der Waals surface area (Å²) in [5.74, 6) is 0. The number of benzene rings is 1. The Morgan fingerprint density at radius 2 is 1.95 bits per heavy atom. The van der Waals surface area contributed by atoms with Gasteiger partial charge in [0.05, 0.1) is 17.0 Å². The molecule has 0 fully saturated rings. The maximum absolute atomic E-state index is 12.6. The molecule has 6 heteroatoms. The molecule has 1 heterocycles. The molecule has 0 aliphatic carbocycles. The standard InChI is InChI=1S/C15H18F3N3/c1-3-21-14(7-11(2)20-21)10-19-9-12-5-4-6-13(8-12)15(16,17)18/h4-8,19H,3,9-10H2,1-2H3. The molecular formula is C15H18F3N3. The molecule has 0 aliphatic heterocycles. The largest absolute Gasteiger partial charge is 0.416 e. The molecule has 1 aromatic heterocycles. The summed E-state index contributed by atoms with van der Waals surface area (Å²) in [5, 5.41) is 7.49. The van der Waals surface area contributed by atoms with Gasteiger partial charge < -0.3 is 5.32 Å². The molecule has 0 radical (unpaired) electrons. The van der Waals surface area contributed by atoms with Gasteiger partial charge in [-0.15, -0.1) is 0 Å². The lowest BCUT2D eigenvalue weighted by Crippen LogP contribution is -2.16. The first kappa shape index (κ1) is 15.6. The highest BCUT2D eigenvalue weighted by molar-refractivity contribution is 5.25. The van der Waals surface area contributed by atoms with Gasteiger partial charge in [0.2, 0.25) is 0 Å². The van der Waals surface area contributed by atoms with Gasteiger partial charge in [-0.3, -0.25) is 4.68 Å². The number of nitrogens with zero attached hydrogens (tertiary/aromatic N) is 2. The Bertz CT molecular complexity index is 602. The fourth-order valence-electron chi connectivity index (χ4n) is 2.21. The van der Waals surface area contributed by atoms with Crippen LogP contribution in [0.3, 0.4) is 0 Å². The minimum atomic E-state index is -4.30. The predicted molar refractivity (Wildman–Crippen MR) is 74.6 cm³/mol. The van der Waals surface area contributed by atoms with Crippen molar-refractivity contribution < 1.29 is 13.2 Å². The molecule has 0 saturated heterocycles. The minimum absolute atomic E-state index is 0.387. The molecule has 0 saturated carbocycles. The summed E-state index contributed by atoms with van der Waals surface area (Å²) >= 11 is 0. The third-order valence-corrected chi connectivity index (χ3v) is 3.17. The molecule has 0 bridgehead atoms. The van der Waals surface area contributed by atoms with E-state index in [0.29, 0.717) is 18.7 Å². The molecule has 0 atom stereocenters. The van der Waals surface area contributed by atoms with Crippen molar-refractivity contribution in [2.45, 2.75) is 39.7 Å². The third kappa shape index (κ3) is 4.07. The Morgan fingerprint density at radius 3 is 2.62 bits per heavy atom. The number of rotatable bonds is 5. The van der Waals surface area contributed by atoms with Gasteiger partial charge in [-0.1, -0.05) is 18.2 Å². The highest BCUT2D eigenvalue weighted by Gasteiger charge is 2.30. The number of aryl methyl sites for hydroxylation is 2. The van der Waals surface area contributed by atoms with Crippen LogP contribution in [0.1, 0.15) is 29.4 Å². The van der Waals surface area contributed by atoms with Crippen molar-refractivity contribution in [2.75, 3.05) is 0 Å². The van der Waals surface area contributed by atoms with Gasteiger partial charge in [0.25, 0.3) is 0 Å². The minimum Gasteiger partial charge on any atom is -0.307 e. The monoisotopic (exact) mass is 297 g/mol. The second kappa shape index (κ2) is 6.30. The zero-order valence-corrected chi connectivity index (χ0v) is 12.0. The highest BCUT2D eigenvalue weighted by Crippen LogP contribution is 2.29. The molecule has 1 aromatic carbocycles. The molecule has 1 N–H and O–H groups in total. The van der Waals surface area contributed by atoms with Gasteiger partial charge in [0.1, 0.15) is 0 Å². The van der Waals surface area contributed by atoms with Crippen LogP contribution in [-0.2, 0) is 25.8 Å². The van der Waals surface area contributed by atoms with Crippen LogP contribution in [0.25, 0.3) is 0 Å². The predicted octanol–water partition coefficient (Wildman–Crippen LogP) is 3.52. The topological polar surface area (TPSA) is 29.9 Å². The summed E-state index contributed by atoms with van der Waals surface area (Å²) in [5.41, 5.74) is 1.97. The number of hydrogen-bond acceptors (Lipinski definition) is 2. The Hall–Kier alpha value is -1.82. The van der Waals surface area contributed by atoms with Crippen LogP contribution in [0.15, 0.2) is 30.3 Å². The Balaban J connectivity index is 1.97. The maximum atomic E-state index is 12.6. The lowest BCUT2D eigenvalue weighted by molar-refractivity contribution is -0.137. The molecule has 114 valence electrons. The van der Waals surface area contributed by atoms with Crippen LogP contribution in [0.2, 0.25) is 0 Å². The third-order valence-electron chi connectivity index (χ3n) is 3.17. The van der Waals surface area contributed by atoms with Gasteiger partial charge in [-0.2, -0.15) is 18.3 Å². The van der Waals surface area contributed by atoms with E-state index in [9.17, 15) is 13.2 Å². The van der Waals surface area contributed by atoms with E-state index in [1.807, 2.05) is 24.6 Å². The number of aromatic nitrogens is 2. The Kier molecular flexibility index (Phi) is 4.67. The molecule has 0 spiro atoms. The molecule has 2 rings (SSSR count). The molecule has 0 amide bonds. The zero-order valence-electron chi connectivity index (χ0n) is 12.0. The van der Waals surface area contributed by atoms with Gasteiger partial charge in [0, 0.05) is 19.6 Å². The first-order chi connectivity index (χ1) is 9.90. The van der Waals surface area contributed by atoms with Crippen LogP contribution in [-0.4, -0.2) is 9.78 Å². The first-order valence-electron chi connectivity index (χ1n) is 6.80. The van der Waals surface area contributed by atoms with E-state index < -0.39 is 11.7 Å². The molecular weight excluding hydrogens is 279 g/mol. The van der Waals surface area contributed by atoms with Crippen molar-refractivity contribution in [3.8, 4) is 0 Å². The van der Waals surface area contributed by atoms with E-state index in [-0.39, 0.29) is 0 Å². The van der Waals surface area contributed by atoms with Crippen LogP contribution in [0, 0.1) is 6.92 Å². The highest BCUT2D eigenvalue weighted by atomic mass is 19.4. The summed E-state index contributed by atoms with van der Waals surface area (Å²) in [7, 11) is 0. The number of hydrogen-bond donors (Lipinski definition) is 1. The van der Waals surface area contributed by atoms with Crippen LogP contribution in [0.5, 0.6) is 0 Å². The van der Waals surface area contributed by atoms with E-state index >= 15 is 0 Å².